The van der Waals surface area contributed by atoms with Gasteiger partial charge in [-0.15, -0.1) is 0 Å². The third kappa shape index (κ3) is 4.28. The van der Waals surface area contributed by atoms with E-state index in [0.29, 0.717) is 12.3 Å². The van der Waals surface area contributed by atoms with Crippen LogP contribution in [0.2, 0.25) is 0 Å². The summed E-state index contributed by atoms with van der Waals surface area (Å²) in [5.41, 5.74) is 5.44. The summed E-state index contributed by atoms with van der Waals surface area (Å²) in [5.74, 6) is 0.293. The maximum absolute atomic E-state index is 12.0. The van der Waals surface area contributed by atoms with Gasteiger partial charge in [0.15, 0.2) is 0 Å². The van der Waals surface area contributed by atoms with Gasteiger partial charge in [0.2, 0.25) is 5.91 Å². The molecule has 0 aromatic carbocycles. The zero-order valence-electron chi connectivity index (χ0n) is 11.0. The molecule has 17 heavy (non-hydrogen) atoms. The Labute approximate surface area is 104 Å². The summed E-state index contributed by atoms with van der Waals surface area (Å²) in [4.78, 5) is 12.0. The maximum Gasteiger partial charge on any atom is 0.237 e. The Morgan fingerprint density at radius 2 is 1.94 bits per heavy atom. The van der Waals surface area contributed by atoms with Crippen LogP contribution in [0.25, 0.3) is 0 Å². The molecule has 0 spiro atoms. The molecular weight excluding hydrogens is 216 g/mol. The van der Waals surface area contributed by atoms with E-state index in [-0.39, 0.29) is 12.5 Å². The van der Waals surface area contributed by atoms with Gasteiger partial charge >= 0.3 is 0 Å². The highest BCUT2D eigenvalue weighted by Gasteiger charge is 2.34. The molecule has 0 heterocycles. The lowest BCUT2D eigenvalue weighted by molar-refractivity contribution is -0.125. The number of amides is 1. The molecule has 4 nitrogen and oxygen atoms in total. The second-order valence-corrected chi connectivity index (χ2v) is 5.72. The second-order valence-electron chi connectivity index (χ2n) is 5.72. The number of carbonyl (C=O) groups is 1. The van der Waals surface area contributed by atoms with E-state index < -0.39 is 11.6 Å². The highest BCUT2D eigenvalue weighted by Crippen LogP contribution is 2.27. The minimum Gasteiger partial charge on any atom is -0.394 e. The van der Waals surface area contributed by atoms with E-state index in [0.717, 1.165) is 25.7 Å². The standard InChI is InChI=1S/C13H26N2O2/c1-10(2)8-11(14)12(17)15-13(9-16)6-4-3-5-7-13/h10-11,16H,3-9,14H2,1-2H3,(H,15,17)/t11-/m1/s1. The number of aliphatic hydroxyl groups is 1. The smallest absolute Gasteiger partial charge is 0.237 e. The minimum absolute atomic E-state index is 0.0210. The summed E-state index contributed by atoms with van der Waals surface area (Å²) in [5, 5.41) is 12.5. The van der Waals surface area contributed by atoms with Crippen molar-refractivity contribution in [2.75, 3.05) is 6.61 Å². The van der Waals surface area contributed by atoms with Crippen LogP contribution in [0.4, 0.5) is 0 Å². The molecule has 1 saturated carbocycles. The van der Waals surface area contributed by atoms with Crippen LogP contribution >= 0.6 is 0 Å². The number of carbonyl (C=O) groups excluding carboxylic acids is 1. The van der Waals surface area contributed by atoms with Gasteiger partial charge in [-0.05, 0) is 25.2 Å². The molecule has 0 aromatic heterocycles. The summed E-state index contributed by atoms with van der Waals surface area (Å²) in [6.45, 7) is 4.12. The Morgan fingerprint density at radius 1 is 1.35 bits per heavy atom. The normalized spacial score (nSPS) is 21.2. The van der Waals surface area contributed by atoms with E-state index in [1.807, 2.05) is 0 Å². The molecule has 1 rings (SSSR count). The van der Waals surface area contributed by atoms with Gasteiger partial charge in [-0.25, -0.2) is 0 Å². The summed E-state index contributed by atoms with van der Waals surface area (Å²) in [6.07, 6.45) is 5.75. The quantitative estimate of drug-likeness (QED) is 0.677. The molecule has 100 valence electrons. The molecule has 1 aliphatic carbocycles. The molecule has 1 fully saturated rings. The molecule has 1 atom stereocenters. The molecule has 4 N–H and O–H groups in total. The lowest BCUT2D eigenvalue weighted by Crippen LogP contribution is -2.56. The molecule has 0 bridgehead atoms. The van der Waals surface area contributed by atoms with Crippen LogP contribution in [0, 0.1) is 5.92 Å². The van der Waals surface area contributed by atoms with Gasteiger partial charge in [-0.3, -0.25) is 4.79 Å². The summed E-state index contributed by atoms with van der Waals surface area (Å²) in [7, 11) is 0. The fourth-order valence-corrected chi connectivity index (χ4v) is 2.52. The van der Waals surface area contributed by atoms with Crippen molar-refractivity contribution >= 4 is 5.91 Å². The van der Waals surface area contributed by atoms with E-state index in [4.69, 9.17) is 5.73 Å². The molecule has 4 heteroatoms. The van der Waals surface area contributed by atoms with Gasteiger partial charge < -0.3 is 16.2 Å². The van der Waals surface area contributed by atoms with Crippen molar-refractivity contribution in [3.05, 3.63) is 0 Å². The van der Waals surface area contributed by atoms with Crippen LogP contribution in [0.1, 0.15) is 52.4 Å². The predicted octanol–water partition coefficient (Wildman–Crippen LogP) is 1.17. The van der Waals surface area contributed by atoms with E-state index >= 15 is 0 Å². The van der Waals surface area contributed by atoms with Crippen LogP contribution in [0.15, 0.2) is 0 Å². The first kappa shape index (κ1) is 14.5. The minimum atomic E-state index is -0.458. The van der Waals surface area contributed by atoms with Crippen molar-refractivity contribution in [1.29, 1.82) is 0 Å². The van der Waals surface area contributed by atoms with Gasteiger partial charge in [-0.2, -0.15) is 0 Å². The number of hydrogen-bond donors (Lipinski definition) is 3. The largest absolute Gasteiger partial charge is 0.394 e. The van der Waals surface area contributed by atoms with Crippen molar-refractivity contribution in [2.45, 2.75) is 64.0 Å². The number of nitrogens with one attached hydrogen (secondary N) is 1. The SMILES string of the molecule is CC(C)C[C@@H](N)C(=O)NC1(CO)CCCCC1. The molecule has 1 aliphatic rings. The molecule has 0 aromatic rings. The summed E-state index contributed by atoms with van der Waals surface area (Å²) in [6, 6.07) is -0.458. The molecule has 1 amide bonds. The first-order valence-corrected chi connectivity index (χ1v) is 6.67. The second kappa shape index (κ2) is 6.36. The lowest BCUT2D eigenvalue weighted by atomic mass is 9.82. The first-order valence-electron chi connectivity index (χ1n) is 6.67. The van der Waals surface area contributed by atoms with E-state index in [2.05, 4.69) is 19.2 Å². The van der Waals surface area contributed by atoms with E-state index in [1.54, 1.807) is 0 Å². The Kier molecular flexibility index (Phi) is 5.40. The number of hydrogen-bond acceptors (Lipinski definition) is 3. The van der Waals surface area contributed by atoms with Crippen LogP contribution in [0.5, 0.6) is 0 Å². The van der Waals surface area contributed by atoms with E-state index in [1.165, 1.54) is 6.42 Å². The number of nitrogens with two attached hydrogens (primary N) is 1. The van der Waals surface area contributed by atoms with Crippen LogP contribution < -0.4 is 11.1 Å². The number of aliphatic hydroxyl groups excluding tert-OH is 1. The van der Waals surface area contributed by atoms with Crippen LogP contribution in [0.3, 0.4) is 0 Å². The Bertz CT molecular complexity index is 248. The summed E-state index contributed by atoms with van der Waals surface area (Å²) < 4.78 is 0. The highest BCUT2D eigenvalue weighted by molar-refractivity contribution is 5.82. The number of rotatable bonds is 5. The first-order chi connectivity index (χ1) is 7.99. The predicted molar refractivity (Wildman–Crippen MR) is 68.5 cm³/mol. The monoisotopic (exact) mass is 242 g/mol. The zero-order chi connectivity index (χ0) is 12.9. The van der Waals surface area contributed by atoms with Crippen molar-refractivity contribution in [2.24, 2.45) is 11.7 Å². The van der Waals surface area contributed by atoms with Crippen molar-refractivity contribution in [1.82, 2.24) is 5.32 Å². The van der Waals surface area contributed by atoms with E-state index in [9.17, 15) is 9.90 Å². The molecule has 0 aliphatic heterocycles. The topological polar surface area (TPSA) is 75.4 Å². The Morgan fingerprint density at radius 3 is 2.41 bits per heavy atom. The van der Waals surface area contributed by atoms with Crippen molar-refractivity contribution < 1.29 is 9.90 Å². The molecule has 0 saturated heterocycles. The van der Waals surface area contributed by atoms with Gasteiger partial charge in [0, 0.05) is 0 Å². The fourth-order valence-electron chi connectivity index (χ4n) is 2.52. The fraction of sp³-hybridized carbons (Fsp3) is 0.923. The average Bonchev–Trinajstić information content (AvgIpc) is 2.29. The molecule has 0 unspecified atom stereocenters. The van der Waals surface area contributed by atoms with Gasteiger partial charge in [-0.1, -0.05) is 33.1 Å². The average molecular weight is 242 g/mol. The van der Waals surface area contributed by atoms with Gasteiger partial charge in [0.1, 0.15) is 0 Å². The van der Waals surface area contributed by atoms with Crippen molar-refractivity contribution in [3.63, 3.8) is 0 Å². The zero-order valence-corrected chi connectivity index (χ0v) is 11.0. The van der Waals surface area contributed by atoms with Crippen LogP contribution in [-0.4, -0.2) is 29.2 Å². The van der Waals surface area contributed by atoms with Gasteiger partial charge in [0.05, 0.1) is 18.2 Å². The third-order valence-corrected chi connectivity index (χ3v) is 3.56. The van der Waals surface area contributed by atoms with Gasteiger partial charge in [0.25, 0.3) is 0 Å². The third-order valence-electron chi connectivity index (χ3n) is 3.56. The molecule has 0 radical (unpaired) electrons. The Hall–Kier alpha value is -0.610. The highest BCUT2D eigenvalue weighted by atomic mass is 16.3. The maximum atomic E-state index is 12.0. The summed E-state index contributed by atoms with van der Waals surface area (Å²) >= 11 is 0. The lowest BCUT2D eigenvalue weighted by Gasteiger charge is -2.37. The molecular formula is C13H26N2O2. The van der Waals surface area contributed by atoms with Crippen molar-refractivity contribution in [3.8, 4) is 0 Å². The Balaban J connectivity index is 2.52. The van der Waals surface area contributed by atoms with Crippen LogP contribution in [-0.2, 0) is 4.79 Å².